The van der Waals surface area contributed by atoms with E-state index in [0.717, 1.165) is 5.57 Å². The third-order valence-electron chi connectivity index (χ3n) is 9.79. The molecule has 3 N–H and O–H groups in total. The second-order valence-electron chi connectivity index (χ2n) is 12.1. The molecule has 5 rings (SSSR count). The van der Waals surface area contributed by atoms with E-state index in [2.05, 4.69) is 0 Å². The number of aliphatic hydroxyl groups is 3. The molecule has 10 nitrogen and oxygen atoms in total. The number of ether oxygens (including phenoxy) is 5. The standard InChI is InChI=1S/C29H40O10/c1-16-9-23-28(12-19(16)31)14-36-26(34)10-17(2)20(32)13-35-21(18(3)30)7-5-6-8-25(33)39-22-11-24(38-23)29(15-37-29)27(22,28)4/h5-9,17-24,30-32H,10-15H2,1-4H3/b7-5-,8-6-/t17-,18-,19+,20+,21-,22+,23+,24-,27+,28+,29-/m1/s1. The van der Waals surface area contributed by atoms with Crippen LogP contribution in [0.4, 0.5) is 0 Å². The maximum absolute atomic E-state index is 13.1. The molecule has 2 aliphatic carbocycles. The number of allylic oxidation sites excluding steroid dienone is 2. The molecule has 2 spiro atoms. The fraction of sp³-hybridized carbons (Fsp3) is 0.724. The third kappa shape index (κ3) is 4.69. The molecule has 2 saturated heterocycles. The van der Waals surface area contributed by atoms with Crippen LogP contribution in [0.1, 0.15) is 47.0 Å². The molecule has 2 bridgehead atoms. The van der Waals surface area contributed by atoms with E-state index < -0.39 is 70.9 Å². The molecule has 39 heavy (non-hydrogen) atoms. The fourth-order valence-corrected chi connectivity index (χ4v) is 7.02. The highest BCUT2D eigenvalue weighted by Crippen LogP contribution is 2.72. The lowest BCUT2D eigenvalue weighted by Crippen LogP contribution is -2.68. The monoisotopic (exact) mass is 548 g/mol. The minimum atomic E-state index is -0.969. The number of carbonyl (C=O) groups is 2. The Morgan fingerprint density at radius 1 is 1.13 bits per heavy atom. The lowest BCUT2D eigenvalue weighted by atomic mass is 9.51. The van der Waals surface area contributed by atoms with E-state index in [1.165, 1.54) is 12.2 Å². The Bertz CT molecular complexity index is 1060. The number of hydrogen-bond acceptors (Lipinski definition) is 10. The fourth-order valence-electron chi connectivity index (χ4n) is 7.02. The van der Waals surface area contributed by atoms with E-state index in [9.17, 15) is 24.9 Å². The van der Waals surface area contributed by atoms with Crippen molar-refractivity contribution in [3.63, 3.8) is 0 Å². The van der Waals surface area contributed by atoms with Crippen molar-refractivity contribution < 1.29 is 48.6 Å². The van der Waals surface area contributed by atoms with E-state index in [4.69, 9.17) is 23.7 Å². The summed E-state index contributed by atoms with van der Waals surface area (Å²) in [6.07, 6.45) is 3.77. The van der Waals surface area contributed by atoms with E-state index in [-0.39, 0.29) is 32.2 Å². The van der Waals surface area contributed by atoms with Crippen LogP contribution in [0.2, 0.25) is 0 Å². The highest BCUT2D eigenvalue weighted by molar-refractivity contribution is 5.82. The van der Waals surface area contributed by atoms with Crippen molar-refractivity contribution in [3.8, 4) is 0 Å². The van der Waals surface area contributed by atoms with Gasteiger partial charge in [-0.25, -0.2) is 4.79 Å². The Kier molecular flexibility index (Phi) is 7.58. The van der Waals surface area contributed by atoms with Crippen LogP contribution in [-0.2, 0) is 33.3 Å². The predicted molar refractivity (Wildman–Crippen MR) is 137 cm³/mol. The predicted octanol–water partition coefficient (Wildman–Crippen LogP) is 1.36. The number of cyclic esters (lactones) is 1. The Hall–Kier alpha value is -2.08. The van der Waals surface area contributed by atoms with Gasteiger partial charge in [-0.1, -0.05) is 38.2 Å². The molecule has 0 radical (unpaired) electrons. The number of aliphatic hydroxyl groups excluding tert-OH is 3. The molecular formula is C29H40O10. The van der Waals surface area contributed by atoms with Gasteiger partial charge in [0.15, 0.2) is 0 Å². The molecule has 216 valence electrons. The van der Waals surface area contributed by atoms with Crippen molar-refractivity contribution in [2.45, 2.75) is 95.3 Å². The van der Waals surface area contributed by atoms with Crippen molar-refractivity contribution in [3.05, 3.63) is 36.0 Å². The molecule has 11 atom stereocenters. The van der Waals surface area contributed by atoms with Gasteiger partial charge in [0.1, 0.15) is 24.4 Å². The summed E-state index contributed by atoms with van der Waals surface area (Å²) < 4.78 is 30.2. The molecule has 0 amide bonds. The Morgan fingerprint density at radius 3 is 2.56 bits per heavy atom. The van der Waals surface area contributed by atoms with E-state index in [1.54, 1.807) is 26.0 Å². The van der Waals surface area contributed by atoms with Crippen LogP contribution in [0, 0.1) is 16.7 Å². The SMILES string of the molecule is CC1=C[C@@H]2O[C@@H]3C[C@@H]4OC(=O)/C=C\C=C/[C@H]([C@@H](C)O)OC[C@H](O)[C@H](C)CC(=O)OC[C@]2(C[C@@H]1O)[C@@]4(C)[C@@]31CO1. The van der Waals surface area contributed by atoms with Crippen LogP contribution < -0.4 is 0 Å². The molecule has 5 aliphatic rings. The Labute approximate surface area is 228 Å². The third-order valence-corrected chi connectivity index (χ3v) is 9.79. The summed E-state index contributed by atoms with van der Waals surface area (Å²) in [4.78, 5) is 26.0. The first-order chi connectivity index (χ1) is 18.4. The van der Waals surface area contributed by atoms with Gasteiger partial charge in [0, 0.05) is 17.9 Å². The van der Waals surface area contributed by atoms with Gasteiger partial charge in [0.25, 0.3) is 0 Å². The van der Waals surface area contributed by atoms with Crippen LogP contribution in [0.25, 0.3) is 0 Å². The average Bonchev–Trinajstić information content (AvgIpc) is 3.65. The van der Waals surface area contributed by atoms with Crippen LogP contribution in [0.5, 0.6) is 0 Å². The number of epoxide rings is 1. The van der Waals surface area contributed by atoms with Gasteiger partial charge in [0.2, 0.25) is 0 Å². The van der Waals surface area contributed by atoms with Gasteiger partial charge < -0.3 is 39.0 Å². The molecular weight excluding hydrogens is 508 g/mol. The summed E-state index contributed by atoms with van der Waals surface area (Å²) >= 11 is 0. The summed E-state index contributed by atoms with van der Waals surface area (Å²) in [6, 6.07) is 0. The minimum absolute atomic E-state index is 0.0547. The molecule has 0 aromatic carbocycles. The van der Waals surface area contributed by atoms with Crippen molar-refractivity contribution >= 4 is 11.9 Å². The molecule has 1 saturated carbocycles. The summed E-state index contributed by atoms with van der Waals surface area (Å²) in [7, 11) is 0. The Morgan fingerprint density at radius 2 is 1.87 bits per heavy atom. The van der Waals surface area contributed by atoms with Gasteiger partial charge in [-0.05, 0) is 31.8 Å². The van der Waals surface area contributed by atoms with Gasteiger partial charge in [-0.2, -0.15) is 0 Å². The quantitative estimate of drug-likeness (QED) is 0.250. The van der Waals surface area contributed by atoms with Crippen LogP contribution in [0.3, 0.4) is 0 Å². The van der Waals surface area contributed by atoms with Gasteiger partial charge in [0.05, 0.1) is 55.6 Å². The first-order valence-corrected chi connectivity index (χ1v) is 13.8. The maximum atomic E-state index is 13.1. The van der Waals surface area contributed by atoms with Gasteiger partial charge >= 0.3 is 11.9 Å². The lowest BCUT2D eigenvalue weighted by molar-refractivity contribution is -0.239. The van der Waals surface area contributed by atoms with Crippen LogP contribution in [-0.4, -0.2) is 95.4 Å². The smallest absolute Gasteiger partial charge is 0.331 e. The molecule has 3 aliphatic heterocycles. The number of carbonyl (C=O) groups excluding carboxylic acids is 2. The van der Waals surface area contributed by atoms with Crippen molar-refractivity contribution in [1.29, 1.82) is 0 Å². The normalized spacial score (nSPS) is 49.0. The van der Waals surface area contributed by atoms with Crippen molar-refractivity contribution in [2.75, 3.05) is 19.8 Å². The summed E-state index contributed by atoms with van der Waals surface area (Å²) in [5, 5.41) is 31.7. The summed E-state index contributed by atoms with van der Waals surface area (Å²) in [5.41, 5.74) is -1.66. The van der Waals surface area contributed by atoms with Crippen LogP contribution in [0.15, 0.2) is 36.0 Å². The van der Waals surface area contributed by atoms with E-state index in [0.29, 0.717) is 13.0 Å². The summed E-state index contributed by atoms with van der Waals surface area (Å²) in [6.45, 7) is 7.40. The number of rotatable bonds is 1. The molecule has 0 aromatic rings. The zero-order valence-electron chi connectivity index (χ0n) is 22.9. The molecule has 0 aromatic heterocycles. The van der Waals surface area contributed by atoms with E-state index in [1.807, 2.05) is 19.9 Å². The van der Waals surface area contributed by atoms with Crippen molar-refractivity contribution in [2.24, 2.45) is 16.7 Å². The first kappa shape index (κ1) is 28.4. The number of esters is 2. The second-order valence-corrected chi connectivity index (χ2v) is 12.1. The molecule has 0 unspecified atom stereocenters. The second kappa shape index (κ2) is 10.4. The largest absolute Gasteiger partial charge is 0.465 e. The first-order valence-electron chi connectivity index (χ1n) is 13.8. The zero-order chi connectivity index (χ0) is 28.2. The van der Waals surface area contributed by atoms with Gasteiger partial charge in [-0.3, -0.25) is 4.79 Å². The highest BCUT2D eigenvalue weighted by Gasteiger charge is 2.83. The van der Waals surface area contributed by atoms with E-state index >= 15 is 0 Å². The molecule has 10 heteroatoms. The molecule has 3 fully saturated rings. The van der Waals surface area contributed by atoms with Crippen LogP contribution >= 0.6 is 0 Å². The average molecular weight is 549 g/mol. The van der Waals surface area contributed by atoms with Crippen molar-refractivity contribution in [1.82, 2.24) is 0 Å². The topological polar surface area (TPSA) is 144 Å². The lowest BCUT2D eigenvalue weighted by Gasteiger charge is -2.58. The van der Waals surface area contributed by atoms with Gasteiger partial charge in [-0.15, -0.1) is 0 Å². The Balaban J connectivity index is 1.52. The number of hydrogen-bond donors (Lipinski definition) is 3. The summed E-state index contributed by atoms with van der Waals surface area (Å²) in [5.74, 6) is -1.53. The highest BCUT2D eigenvalue weighted by atomic mass is 16.6. The zero-order valence-corrected chi connectivity index (χ0v) is 22.9. The molecule has 3 heterocycles. The maximum Gasteiger partial charge on any atom is 0.331 e. The minimum Gasteiger partial charge on any atom is -0.465 e.